The van der Waals surface area contributed by atoms with Crippen molar-refractivity contribution in [2.45, 2.75) is 12.6 Å². The van der Waals surface area contributed by atoms with Gasteiger partial charge in [-0.15, -0.1) is 0 Å². The molecule has 80 valence electrons. The number of fused-ring (bicyclic) bond motifs is 1. The lowest BCUT2D eigenvalue weighted by Gasteiger charge is -2.18. The Labute approximate surface area is 89.5 Å². The molecule has 1 aromatic carbocycles. The molecule has 0 aromatic heterocycles. The van der Waals surface area contributed by atoms with E-state index in [4.69, 9.17) is 5.73 Å². The first-order valence-corrected chi connectivity index (χ1v) is 5.50. The molecule has 3 rings (SSSR count). The average Bonchev–Trinajstić information content (AvgIpc) is 2.63. The van der Waals surface area contributed by atoms with Crippen LogP contribution in [0.25, 0.3) is 0 Å². The predicted octanol–water partition coefficient (Wildman–Crippen LogP) is 0.781. The molecule has 1 aliphatic carbocycles. The highest BCUT2D eigenvalue weighted by Gasteiger charge is 2.53. The SMILES string of the molecule is NC1C2CN(Cc3cccc(O)c3)CC12. The van der Waals surface area contributed by atoms with E-state index < -0.39 is 0 Å². The van der Waals surface area contributed by atoms with E-state index >= 15 is 0 Å². The summed E-state index contributed by atoms with van der Waals surface area (Å²) < 4.78 is 0. The van der Waals surface area contributed by atoms with E-state index in [0.717, 1.165) is 31.5 Å². The van der Waals surface area contributed by atoms with Crippen LogP contribution in [0.5, 0.6) is 5.75 Å². The van der Waals surface area contributed by atoms with E-state index in [9.17, 15) is 5.11 Å². The standard InChI is InChI=1S/C12H16N2O/c13-12-10-6-14(7-11(10)12)5-8-2-1-3-9(15)4-8/h1-4,10-12,15H,5-7,13H2. The number of hydrogen-bond donors (Lipinski definition) is 2. The molecule has 1 heterocycles. The fraction of sp³-hybridized carbons (Fsp3) is 0.500. The van der Waals surface area contributed by atoms with Gasteiger partial charge >= 0.3 is 0 Å². The van der Waals surface area contributed by atoms with Gasteiger partial charge in [0.05, 0.1) is 0 Å². The first kappa shape index (κ1) is 9.19. The number of phenols is 1. The maximum atomic E-state index is 9.35. The molecule has 2 atom stereocenters. The van der Waals surface area contributed by atoms with Crippen LogP contribution in [0.1, 0.15) is 5.56 Å². The van der Waals surface area contributed by atoms with Crippen molar-refractivity contribution in [1.82, 2.24) is 4.90 Å². The van der Waals surface area contributed by atoms with Crippen molar-refractivity contribution in [3.63, 3.8) is 0 Å². The molecule has 3 heteroatoms. The van der Waals surface area contributed by atoms with Gasteiger partial charge < -0.3 is 10.8 Å². The molecule has 1 saturated heterocycles. The molecule has 3 N–H and O–H groups in total. The Hall–Kier alpha value is -1.06. The molecule has 0 spiro atoms. The van der Waals surface area contributed by atoms with Gasteiger partial charge in [0.15, 0.2) is 0 Å². The third-order valence-corrected chi connectivity index (χ3v) is 3.65. The number of nitrogens with two attached hydrogens (primary N) is 1. The van der Waals surface area contributed by atoms with Crippen molar-refractivity contribution >= 4 is 0 Å². The van der Waals surface area contributed by atoms with Crippen LogP contribution in [-0.4, -0.2) is 29.1 Å². The molecule has 2 aliphatic rings. The number of piperidine rings is 1. The van der Waals surface area contributed by atoms with E-state index in [2.05, 4.69) is 11.0 Å². The third kappa shape index (κ3) is 1.62. The summed E-state index contributed by atoms with van der Waals surface area (Å²) in [6.45, 7) is 3.19. The highest BCUT2D eigenvalue weighted by atomic mass is 16.3. The molecular formula is C12H16N2O. The van der Waals surface area contributed by atoms with Gasteiger partial charge in [-0.3, -0.25) is 4.90 Å². The van der Waals surface area contributed by atoms with Crippen LogP contribution in [0.4, 0.5) is 0 Å². The largest absolute Gasteiger partial charge is 0.508 e. The Morgan fingerprint density at radius 3 is 2.73 bits per heavy atom. The van der Waals surface area contributed by atoms with E-state index in [0.29, 0.717) is 11.8 Å². The second-order valence-electron chi connectivity index (χ2n) is 4.77. The lowest BCUT2D eigenvalue weighted by molar-refractivity contribution is 0.290. The number of aromatic hydroxyl groups is 1. The number of benzene rings is 1. The Kier molecular flexibility index (Phi) is 1.97. The molecule has 3 nitrogen and oxygen atoms in total. The van der Waals surface area contributed by atoms with Gasteiger partial charge in [-0.25, -0.2) is 0 Å². The summed E-state index contributed by atoms with van der Waals surface area (Å²) in [4.78, 5) is 2.42. The quantitative estimate of drug-likeness (QED) is 0.748. The minimum Gasteiger partial charge on any atom is -0.508 e. The van der Waals surface area contributed by atoms with Crippen LogP contribution >= 0.6 is 0 Å². The summed E-state index contributed by atoms with van der Waals surface area (Å²) in [7, 11) is 0. The van der Waals surface area contributed by atoms with Crippen molar-refractivity contribution in [2.75, 3.05) is 13.1 Å². The van der Waals surface area contributed by atoms with Crippen molar-refractivity contribution in [1.29, 1.82) is 0 Å². The zero-order valence-corrected chi connectivity index (χ0v) is 8.63. The average molecular weight is 204 g/mol. The zero-order valence-electron chi connectivity index (χ0n) is 8.63. The molecule has 1 saturated carbocycles. The van der Waals surface area contributed by atoms with Crippen LogP contribution in [0.15, 0.2) is 24.3 Å². The number of nitrogens with zero attached hydrogens (tertiary/aromatic N) is 1. The van der Waals surface area contributed by atoms with E-state index in [-0.39, 0.29) is 0 Å². The van der Waals surface area contributed by atoms with Crippen LogP contribution in [0.2, 0.25) is 0 Å². The van der Waals surface area contributed by atoms with Gasteiger partial charge in [0.1, 0.15) is 5.75 Å². The fourth-order valence-electron chi connectivity index (χ4n) is 2.70. The first-order chi connectivity index (χ1) is 7.24. The van der Waals surface area contributed by atoms with Gasteiger partial charge in [0.2, 0.25) is 0 Å². The second kappa shape index (κ2) is 3.22. The Balaban J connectivity index is 1.63. The Morgan fingerprint density at radius 1 is 1.33 bits per heavy atom. The fourth-order valence-corrected chi connectivity index (χ4v) is 2.70. The molecule has 0 radical (unpaired) electrons. The summed E-state index contributed by atoms with van der Waals surface area (Å²) in [5, 5.41) is 9.35. The van der Waals surface area contributed by atoms with Crippen LogP contribution in [0, 0.1) is 11.8 Å². The van der Waals surface area contributed by atoms with E-state index in [1.54, 1.807) is 6.07 Å². The molecule has 2 fully saturated rings. The maximum absolute atomic E-state index is 9.35. The topological polar surface area (TPSA) is 49.5 Å². The van der Waals surface area contributed by atoms with Crippen LogP contribution in [0.3, 0.4) is 0 Å². The molecule has 2 unspecified atom stereocenters. The molecule has 0 amide bonds. The van der Waals surface area contributed by atoms with E-state index in [1.165, 1.54) is 5.56 Å². The summed E-state index contributed by atoms with van der Waals surface area (Å²) >= 11 is 0. The lowest BCUT2D eigenvalue weighted by Crippen LogP contribution is -2.27. The summed E-state index contributed by atoms with van der Waals surface area (Å²) in [6.07, 6.45) is 0. The smallest absolute Gasteiger partial charge is 0.115 e. The number of likely N-dealkylation sites (tertiary alicyclic amines) is 1. The maximum Gasteiger partial charge on any atom is 0.115 e. The van der Waals surface area contributed by atoms with Gasteiger partial charge in [0.25, 0.3) is 0 Å². The van der Waals surface area contributed by atoms with Crippen molar-refractivity contribution in [3.8, 4) is 5.75 Å². The summed E-state index contributed by atoms with van der Waals surface area (Å²) in [5.41, 5.74) is 7.07. The highest BCUT2D eigenvalue weighted by molar-refractivity contribution is 5.27. The van der Waals surface area contributed by atoms with Gasteiger partial charge in [0, 0.05) is 25.7 Å². The van der Waals surface area contributed by atoms with E-state index in [1.807, 2.05) is 12.1 Å². The normalized spacial score (nSPS) is 34.1. The second-order valence-corrected chi connectivity index (χ2v) is 4.77. The number of hydrogen-bond acceptors (Lipinski definition) is 3. The predicted molar refractivity (Wildman–Crippen MR) is 58.3 cm³/mol. The van der Waals surface area contributed by atoms with Crippen molar-refractivity contribution in [2.24, 2.45) is 17.6 Å². The van der Waals surface area contributed by atoms with Crippen LogP contribution in [-0.2, 0) is 6.54 Å². The minimum absolute atomic E-state index is 0.355. The molecule has 15 heavy (non-hydrogen) atoms. The molecule has 1 aliphatic heterocycles. The first-order valence-electron chi connectivity index (χ1n) is 5.50. The number of rotatable bonds is 2. The highest BCUT2D eigenvalue weighted by Crippen LogP contribution is 2.44. The minimum atomic E-state index is 0.355. The lowest BCUT2D eigenvalue weighted by atomic mass is 10.2. The molecule has 0 bridgehead atoms. The van der Waals surface area contributed by atoms with Gasteiger partial charge in [-0.2, -0.15) is 0 Å². The number of phenolic OH excluding ortho intramolecular Hbond substituents is 1. The van der Waals surface area contributed by atoms with Gasteiger partial charge in [-0.05, 0) is 29.5 Å². The molecular weight excluding hydrogens is 188 g/mol. The third-order valence-electron chi connectivity index (χ3n) is 3.65. The Morgan fingerprint density at radius 2 is 2.07 bits per heavy atom. The van der Waals surface area contributed by atoms with Crippen molar-refractivity contribution in [3.05, 3.63) is 29.8 Å². The van der Waals surface area contributed by atoms with Gasteiger partial charge in [-0.1, -0.05) is 12.1 Å². The zero-order chi connectivity index (χ0) is 10.4. The van der Waals surface area contributed by atoms with Crippen LogP contribution < -0.4 is 5.73 Å². The Bertz CT molecular complexity index is 368. The summed E-state index contributed by atoms with van der Waals surface area (Å²) in [6, 6.07) is 7.96. The summed E-state index contributed by atoms with van der Waals surface area (Å²) in [5.74, 6) is 1.83. The monoisotopic (exact) mass is 204 g/mol. The van der Waals surface area contributed by atoms with Crippen molar-refractivity contribution < 1.29 is 5.11 Å². The molecule has 1 aromatic rings.